The molecule has 16 heavy (non-hydrogen) atoms. The second-order valence-corrected chi connectivity index (χ2v) is 5.36. The van der Waals surface area contributed by atoms with Crippen LogP contribution in [0.5, 0.6) is 0 Å². The highest BCUT2D eigenvalue weighted by atomic mass is 16.6. The van der Waals surface area contributed by atoms with Gasteiger partial charge in [0.25, 0.3) is 0 Å². The van der Waals surface area contributed by atoms with Crippen molar-refractivity contribution in [2.45, 2.75) is 45.2 Å². The normalized spacial score (nSPS) is 38.5. The number of carbonyl (C=O) groups is 1. The molecule has 0 amide bonds. The van der Waals surface area contributed by atoms with Crippen molar-refractivity contribution in [1.29, 1.82) is 0 Å². The van der Waals surface area contributed by atoms with Gasteiger partial charge < -0.3 is 19.3 Å². The molecule has 5 nitrogen and oxygen atoms in total. The van der Waals surface area contributed by atoms with E-state index < -0.39 is 17.6 Å². The highest BCUT2D eigenvalue weighted by molar-refractivity contribution is 5.75. The number of aliphatic hydroxyl groups excluding tert-OH is 1. The molecule has 0 aromatic heterocycles. The summed E-state index contributed by atoms with van der Waals surface area (Å²) in [4.78, 5) is 11.7. The van der Waals surface area contributed by atoms with Crippen LogP contribution in [0, 0.1) is 5.41 Å². The maximum Gasteiger partial charge on any atom is 0.311 e. The van der Waals surface area contributed by atoms with Crippen molar-refractivity contribution in [3.63, 3.8) is 0 Å². The highest BCUT2D eigenvalue weighted by Gasteiger charge is 2.49. The van der Waals surface area contributed by atoms with Crippen LogP contribution in [-0.4, -0.2) is 48.7 Å². The number of fused-ring (bicyclic) bond motifs is 1. The van der Waals surface area contributed by atoms with Crippen LogP contribution >= 0.6 is 0 Å². The van der Waals surface area contributed by atoms with Gasteiger partial charge in [-0.1, -0.05) is 0 Å². The topological polar surface area (TPSA) is 65.0 Å². The monoisotopic (exact) mass is 230 g/mol. The standard InChI is InChI=1S/C11H18O5/c1-11(2,3)10(13)16-7-5-15-8-6(12)4-14-9(7)8/h6-9,12H,4-5H2,1-3H3/t6-,7+,8-,9+/m0/s1. The molecule has 0 aliphatic carbocycles. The van der Waals surface area contributed by atoms with Crippen molar-refractivity contribution in [2.24, 2.45) is 5.41 Å². The molecule has 2 aliphatic rings. The van der Waals surface area contributed by atoms with Crippen molar-refractivity contribution in [3.05, 3.63) is 0 Å². The van der Waals surface area contributed by atoms with Gasteiger partial charge in [-0.15, -0.1) is 0 Å². The Bertz CT molecular complexity index is 283. The Morgan fingerprint density at radius 3 is 2.50 bits per heavy atom. The van der Waals surface area contributed by atoms with Gasteiger partial charge in [-0.3, -0.25) is 4.79 Å². The number of aliphatic hydroxyl groups is 1. The largest absolute Gasteiger partial charge is 0.457 e. The van der Waals surface area contributed by atoms with Gasteiger partial charge in [-0.25, -0.2) is 0 Å². The third-order valence-electron chi connectivity index (χ3n) is 2.85. The number of ether oxygens (including phenoxy) is 3. The maximum absolute atomic E-state index is 11.7. The van der Waals surface area contributed by atoms with E-state index in [0.717, 1.165) is 0 Å². The minimum Gasteiger partial charge on any atom is -0.457 e. The molecule has 0 radical (unpaired) electrons. The fourth-order valence-electron chi connectivity index (χ4n) is 1.86. The highest BCUT2D eigenvalue weighted by Crippen LogP contribution is 2.30. The van der Waals surface area contributed by atoms with E-state index in [1.165, 1.54) is 0 Å². The number of hydrogen-bond acceptors (Lipinski definition) is 5. The average molecular weight is 230 g/mol. The Balaban J connectivity index is 1.95. The van der Waals surface area contributed by atoms with Crippen LogP contribution in [0.4, 0.5) is 0 Å². The molecule has 2 aliphatic heterocycles. The van der Waals surface area contributed by atoms with Gasteiger partial charge in [0.1, 0.15) is 18.3 Å². The SMILES string of the molecule is CC(C)(C)C(=O)O[C@@H]1CO[C@@H]2[C@@H]1OC[C@@H]2O. The van der Waals surface area contributed by atoms with Crippen LogP contribution in [0.1, 0.15) is 20.8 Å². The first-order chi connectivity index (χ1) is 7.39. The quantitative estimate of drug-likeness (QED) is 0.647. The molecule has 0 saturated carbocycles. The number of hydrogen-bond donors (Lipinski definition) is 1. The Morgan fingerprint density at radius 2 is 1.88 bits per heavy atom. The molecule has 0 aromatic carbocycles. The van der Waals surface area contributed by atoms with E-state index in [9.17, 15) is 9.90 Å². The van der Waals surface area contributed by atoms with Gasteiger partial charge in [-0.05, 0) is 20.8 Å². The van der Waals surface area contributed by atoms with Crippen LogP contribution < -0.4 is 0 Å². The minimum atomic E-state index is -0.608. The Kier molecular flexibility index (Phi) is 2.94. The number of esters is 1. The van der Waals surface area contributed by atoms with Crippen molar-refractivity contribution in [2.75, 3.05) is 13.2 Å². The molecule has 4 atom stereocenters. The van der Waals surface area contributed by atoms with Crippen LogP contribution in [0.15, 0.2) is 0 Å². The number of rotatable bonds is 1. The van der Waals surface area contributed by atoms with E-state index in [1.54, 1.807) is 20.8 Å². The molecule has 92 valence electrons. The van der Waals surface area contributed by atoms with Gasteiger partial charge in [-0.2, -0.15) is 0 Å². The van der Waals surface area contributed by atoms with E-state index in [1.807, 2.05) is 0 Å². The second-order valence-electron chi connectivity index (χ2n) is 5.36. The predicted octanol–water partition coefficient (Wildman–Crippen LogP) is 0.103. The summed E-state index contributed by atoms with van der Waals surface area (Å²) < 4.78 is 16.1. The summed E-state index contributed by atoms with van der Waals surface area (Å²) in [6.45, 7) is 5.94. The van der Waals surface area contributed by atoms with Crippen molar-refractivity contribution < 1.29 is 24.1 Å². The third kappa shape index (κ3) is 2.07. The van der Waals surface area contributed by atoms with Gasteiger partial charge in [0.2, 0.25) is 0 Å². The summed E-state index contributed by atoms with van der Waals surface area (Å²) in [5.41, 5.74) is -0.532. The predicted molar refractivity (Wildman–Crippen MR) is 54.8 cm³/mol. The first-order valence-corrected chi connectivity index (χ1v) is 5.52. The zero-order valence-corrected chi connectivity index (χ0v) is 9.80. The van der Waals surface area contributed by atoms with Crippen molar-refractivity contribution >= 4 is 5.97 Å². The lowest BCUT2D eigenvalue weighted by Crippen LogP contribution is -2.37. The smallest absolute Gasteiger partial charge is 0.311 e. The van der Waals surface area contributed by atoms with E-state index in [0.29, 0.717) is 6.61 Å². The maximum atomic E-state index is 11.7. The molecule has 0 spiro atoms. The second kappa shape index (κ2) is 3.98. The summed E-state index contributed by atoms with van der Waals surface area (Å²) in [6, 6.07) is 0. The van der Waals surface area contributed by atoms with Crippen LogP contribution in [0.25, 0.3) is 0 Å². The van der Waals surface area contributed by atoms with E-state index >= 15 is 0 Å². The van der Waals surface area contributed by atoms with Crippen LogP contribution in [0.3, 0.4) is 0 Å². The molecular formula is C11H18O5. The fraction of sp³-hybridized carbons (Fsp3) is 0.909. The molecule has 1 N–H and O–H groups in total. The van der Waals surface area contributed by atoms with Gasteiger partial charge >= 0.3 is 5.97 Å². The van der Waals surface area contributed by atoms with Crippen molar-refractivity contribution in [3.8, 4) is 0 Å². The van der Waals surface area contributed by atoms with E-state index in [4.69, 9.17) is 14.2 Å². The van der Waals surface area contributed by atoms with Gasteiger partial charge in [0.05, 0.1) is 18.6 Å². The van der Waals surface area contributed by atoms with E-state index in [2.05, 4.69) is 0 Å². The first kappa shape index (κ1) is 11.8. The number of carbonyl (C=O) groups excluding carboxylic acids is 1. The molecule has 0 bridgehead atoms. The van der Waals surface area contributed by atoms with Crippen LogP contribution in [-0.2, 0) is 19.0 Å². The van der Waals surface area contributed by atoms with Gasteiger partial charge in [0, 0.05) is 0 Å². The molecule has 0 aromatic rings. The van der Waals surface area contributed by atoms with Crippen molar-refractivity contribution in [1.82, 2.24) is 0 Å². The minimum absolute atomic E-state index is 0.249. The Labute approximate surface area is 94.7 Å². The Hall–Kier alpha value is -0.650. The van der Waals surface area contributed by atoms with E-state index in [-0.39, 0.29) is 24.8 Å². The summed E-state index contributed by atoms with van der Waals surface area (Å²) in [7, 11) is 0. The summed E-state index contributed by atoms with van der Waals surface area (Å²) in [6.07, 6.45) is -1.67. The first-order valence-electron chi connectivity index (χ1n) is 5.52. The summed E-state index contributed by atoms with van der Waals surface area (Å²) in [5, 5.41) is 9.52. The summed E-state index contributed by atoms with van der Waals surface area (Å²) >= 11 is 0. The molecule has 0 unspecified atom stereocenters. The Morgan fingerprint density at radius 1 is 1.25 bits per heavy atom. The zero-order chi connectivity index (χ0) is 11.9. The summed E-state index contributed by atoms with van der Waals surface area (Å²) in [5.74, 6) is -0.272. The molecule has 2 saturated heterocycles. The zero-order valence-electron chi connectivity index (χ0n) is 9.80. The molecule has 2 fully saturated rings. The molecule has 2 heterocycles. The molecular weight excluding hydrogens is 212 g/mol. The van der Waals surface area contributed by atoms with Crippen LogP contribution in [0.2, 0.25) is 0 Å². The lowest BCUT2D eigenvalue weighted by atomic mass is 9.97. The lowest BCUT2D eigenvalue weighted by Gasteiger charge is -2.22. The third-order valence-corrected chi connectivity index (χ3v) is 2.85. The molecule has 2 rings (SSSR count). The average Bonchev–Trinajstić information content (AvgIpc) is 2.70. The fourth-order valence-corrected chi connectivity index (χ4v) is 1.86. The van der Waals surface area contributed by atoms with Gasteiger partial charge in [0.15, 0.2) is 6.10 Å². The lowest BCUT2D eigenvalue weighted by molar-refractivity contribution is -0.163. The molecule has 5 heteroatoms.